The number of carboxylic acid groups (broad SMARTS) is 1. The van der Waals surface area contributed by atoms with E-state index in [9.17, 15) is 19.5 Å². The van der Waals surface area contributed by atoms with E-state index in [-0.39, 0.29) is 17.8 Å². The number of ketones is 1. The van der Waals surface area contributed by atoms with Gasteiger partial charge in [-0.05, 0) is 53.6 Å². The first kappa shape index (κ1) is 24.9. The number of aliphatic hydroxyl groups excluding tert-OH is 1. The second kappa shape index (κ2) is 9.93. The number of fused-ring (bicyclic) bond motifs is 1. The Bertz CT molecular complexity index is 1440. The third-order valence-corrected chi connectivity index (χ3v) is 6.56. The fourth-order valence-corrected chi connectivity index (χ4v) is 4.66. The molecule has 5 rings (SSSR count). The molecule has 0 bridgehead atoms. The van der Waals surface area contributed by atoms with E-state index < -0.39 is 23.7 Å². The lowest BCUT2D eigenvalue weighted by atomic mass is 9.94. The van der Waals surface area contributed by atoms with Crippen LogP contribution in [0.3, 0.4) is 0 Å². The van der Waals surface area contributed by atoms with Gasteiger partial charge in [-0.25, -0.2) is 0 Å². The van der Waals surface area contributed by atoms with Gasteiger partial charge in [0.15, 0.2) is 11.5 Å². The molecule has 2 heterocycles. The summed E-state index contributed by atoms with van der Waals surface area (Å²) in [6.07, 6.45) is -0.168. The van der Waals surface area contributed by atoms with Gasteiger partial charge in [0.1, 0.15) is 19.0 Å². The number of Topliss-reactive ketones (excluding diaryl/α,β-unsaturated/α-hetero) is 1. The summed E-state index contributed by atoms with van der Waals surface area (Å²) in [5.41, 5.74) is 2.78. The van der Waals surface area contributed by atoms with Crippen LogP contribution in [-0.4, -0.2) is 55.2 Å². The topological polar surface area (TPSA) is 117 Å². The van der Waals surface area contributed by atoms with Crippen molar-refractivity contribution in [3.63, 3.8) is 0 Å². The molecule has 1 unspecified atom stereocenters. The molecule has 2 N–H and O–H groups in total. The first-order chi connectivity index (χ1) is 18.2. The summed E-state index contributed by atoms with van der Waals surface area (Å²) in [4.78, 5) is 41.2. The lowest BCUT2D eigenvalue weighted by Gasteiger charge is -2.26. The molecule has 0 spiro atoms. The number of benzene rings is 3. The molecule has 194 valence electrons. The largest absolute Gasteiger partial charge is 0.507 e. The van der Waals surface area contributed by atoms with Crippen LogP contribution in [0.25, 0.3) is 5.76 Å². The number of amides is 1. The van der Waals surface area contributed by atoms with Crippen molar-refractivity contribution in [2.75, 3.05) is 37.1 Å². The number of rotatable bonds is 6. The number of nitrogens with zero attached hydrogens (tertiary/aromatic N) is 2. The number of hydrogen-bond acceptors (Lipinski definition) is 7. The third kappa shape index (κ3) is 4.54. The standard InChI is InChI=1S/C29H26N2O7/c1-30(2)20-10-5-18(6-11-20)26-25(27(34)19-7-12-22-23(16-19)38-14-13-37-22)28(35)29(36)31(26)21-8-3-17(4-9-21)15-24(32)33/h3-12,16,26,34H,13-15H2,1-2H3,(H,32,33)/b27-25-. The highest BCUT2D eigenvalue weighted by Crippen LogP contribution is 2.43. The van der Waals surface area contributed by atoms with Crippen molar-refractivity contribution in [3.05, 3.63) is 89.0 Å². The molecular formula is C29H26N2O7. The minimum atomic E-state index is -0.974. The maximum Gasteiger partial charge on any atom is 0.307 e. The Morgan fingerprint density at radius 1 is 0.921 bits per heavy atom. The number of aliphatic carboxylic acids is 1. The number of carbonyl (C=O) groups excluding carboxylic acids is 2. The predicted molar refractivity (Wildman–Crippen MR) is 141 cm³/mol. The van der Waals surface area contributed by atoms with E-state index in [0.29, 0.717) is 47.1 Å². The Morgan fingerprint density at radius 3 is 2.21 bits per heavy atom. The van der Waals surface area contributed by atoms with Crippen LogP contribution in [0.4, 0.5) is 11.4 Å². The summed E-state index contributed by atoms with van der Waals surface area (Å²) in [5, 5.41) is 20.5. The molecular weight excluding hydrogens is 488 g/mol. The van der Waals surface area contributed by atoms with Crippen LogP contribution in [0.1, 0.15) is 22.7 Å². The zero-order valence-electron chi connectivity index (χ0n) is 20.9. The summed E-state index contributed by atoms with van der Waals surface area (Å²) < 4.78 is 11.2. The highest BCUT2D eigenvalue weighted by atomic mass is 16.6. The summed E-state index contributed by atoms with van der Waals surface area (Å²) in [7, 11) is 3.81. The van der Waals surface area contributed by atoms with Gasteiger partial charge in [-0.3, -0.25) is 19.3 Å². The van der Waals surface area contributed by atoms with E-state index in [1.54, 1.807) is 42.5 Å². The molecule has 0 aliphatic carbocycles. The Labute approximate surface area is 219 Å². The van der Waals surface area contributed by atoms with Crippen LogP contribution in [0.5, 0.6) is 11.5 Å². The second-order valence-electron chi connectivity index (χ2n) is 9.25. The molecule has 0 radical (unpaired) electrons. The van der Waals surface area contributed by atoms with Gasteiger partial charge in [0.25, 0.3) is 11.7 Å². The summed E-state index contributed by atoms with van der Waals surface area (Å²) in [6.45, 7) is 0.773. The average molecular weight is 515 g/mol. The maximum absolute atomic E-state index is 13.4. The summed E-state index contributed by atoms with van der Waals surface area (Å²) in [5.74, 6) is -1.95. The minimum Gasteiger partial charge on any atom is -0.507 e. The van der Waals surface area contributed by atoms with Gasteiger partial charge in [0.2, 0.25) is 0 Å². The SMILES string of the molecule is CN(C)c1ccc(C2/C(=C(/O)c3ccc4c(c3)OCCO4)C(=O)C(=O)N2c2ccc(CC(=O)O)cc2)cc1. The van der Waals surface area contributed by atoms with Gasteiger partial charge in [-0.2, -0.15) is 0 Å². The van der Waals surface area contributed by atoms with Crippen molar-refractivity contribution in [3.8, 4) is 11.5 Å². The first-order valence-electron chi connectivity index (χ1n) is 12.0. The molecule has 3 aromatic carbocycles. The molecule has 1 atom stereocenters. The quantitative estimate of drug-likeness (QED) is 0.290. The molecule has 9 heteroatoms. The van der Waals surface area contributed by atoms with Gasteiger partial charge in [0.05, 0.1) is 18.0 Å². The Balaban J connectivity index is 1.64. The van der Waals surface area contributed by atoms with Gasteiger partial charge in [0, 0.05) is 31.0 Å². The fraction of sp³-hybridized carbons (Fsp3) is 0.207. The molecule has 2 aliphatic rings. The Hall–Kier alpha value is -4.79. The number of anilines is 2. The molecule has 9 nitrogen and oxygen atoms in total. The molecule has 38 heavy (non-hydrogen) atoms. The molecule has 3 aromatic rings. The molecule has 0 saturated carbocycles. The zero-order chi connectivity index (χ0) is 27.0. The van der Waals surface area contributed by atoms with E-state index in [4.69, 9.17) is 14.6 Å². The summed E-state index contributed by atoms with van der Waals surface area (Å²) >= 11 is 0. The highest BCUT2D eigenvalue weighted by molar-refractivity contribution is 6.51. The number of ether oxygens (including phenoxy) is 2. The van der Waals surface area contributed by atoms with Crippen molar-refractivity contribution in [1.29, 1.82) is 0 Å². The lowest BCUT2D eigenvalue weighted by Crippen LogP contribution is -2.29. The number of carboxylic acids is 1. The minimum absolute atomic E-state index is 0.0566. The average Bonchev–Trinajstić information content (AvgIpc) is 3.18. The van der Waals surface area contributed by atoms with Gasteiger partial charge in [-0.1, -0.05) is 24.3 Å². The molecule has 1 amide bonds. The molecule has 2 aliphatic heterocycles. The van der Waals surface area contributed by atoms with Crippen LogP contribution >= 0.6 is 0 Å². The number of carbonyl (C=O) groups is 3. The third-order valence-electron chi connectivity index (χ3n) is 6.56. The van der Waals surface area contributed by atoms with Crippen LogP contribution < -0.4 is 19.3 Å². The summed E-state index contributed by atoms with van der Waals surface area (Å²) in [6, 6.07) is 17.7. The van der Waals surface area contributed by atoms with E-state index in [1.807, 2.05) is 43.3 Å². The highest BCUT2D eigenvalue weighted by Gasteiger charge is 2.47. The Morgan fingerprint density at radius 2 is 1.58 bits per heavy atom. The fourth-order valence-electron chi connectivity index (χ4n) is 4.66. The van der Waals surface area contributed by atoms with Crippen LogP contribution in [0.2, 0.25) is 0 Å². The van der Waals surface area contributed by atoms with Crippen LogP contribution in [-0.2, 0) is 20.8 Å². The van der Waals surface area contributed by atoms with Crippen molar-refractivity contribution >= 4 is 34.8 Å². The maximum atomic E-state index is 13.4. The molecule has 1 saturated heterocycles. The van der Waals surface area contributed by atoms with Crippen LogP contribution in [0.15, 0.2) is 72.3 Å². The van der Waals surface area contributed by atoms with Crippen molar-refractivity contribution in [2.45, 2.75) is 12.5 Å². The normalized spacial score (nSPS) is 17.9. The smallest absolute Gasteiger partial charge is 0.307 e. The number of aliphatic hydroxyl groups is 1. The lowest BCUT2D eigenvalue weighted by molar-refractivity contribution is -0.136. The van der Waals surface area contributed by atoms with Crippen molar-refractivity contribution < 1.29 is 34.1 Å². The zero-order valence-corrected chi connectivity index (χ0v) is 20.9. The molecule has 1 fully saturated rings. The van der Waals surface area contributed by atoms with E-state index in [1.165, 1.54) is 4.90 Å². The van der Waals surface area contributed by atoms with E-state index >= 15 is 0 Å². The molecule has 0 aromatic heterocycles. The predicted octanol–water partition coefficient (Wildman–Crippen LogP) is 3.78. The van der Waals surface area contributed by atoms with Gasteiger partial charge in [-0.15, -0.1) is 0 Å². The van der Waals surface area contributed by atoms with E-state index in [2.05, 4.69) is 0 Å². The van der Waals surface area contributed by atoms with E-state index in [0.717, 1.165) is 5.69 Å². The van der Waals surface area contributed by atoms with Gasteiger partial charge >= 0.3 is 5.97 Å². The van der Waals surface area contributed by atoms with Gasteiger partial charge < -0.3 is 24.6 Å². The monoisotopic (exact) mass is 514 g/mol. The van der Waals surface area contributed by atoms with Crippen LogP contribution in [0, 0.1) is 0 Å². The van der Waals surface area contributed by atoms with Crippen molar-refractivity contribution in [1.82, 2.24) is 0 Å². The first-order valence-corrected chi connectivity index (χ1v) is 12.0. The Kier molecular flexibility index (Phi) is 6.50. The van der Waals surface area contributed by atoms with Crippen molar-refractivity contribution in [2.24, 2.45) is 0 Å². The second-order valence-corrected chi connectivity index (χ2v) is 9.25. The number of hydrogen-bond donors (Lipinski definition) is 2.